The van der Waals surface area contributed by atoms with Crippen LogP contribution in [-0.2, 0) is 14.4 Å². The summed E-state index contributed by atoms with van der Waals surface area (Å²) in [7, 11) is 0. The highest BCUT2D eigenvalue weighted by Gasteiger charge is 2.44. The maximum absolute atomic E-state index is 12.3. The first-order valence-corrected chi connectivity index (χ1v) is 8.09. The average Bonchev–Trinajstić information content (AvgIpc) is 2.67. The van der Waals surface area contributed by atoms with Gasteiger partial charge in [0.15, 0.2) is 0 Å². The van der Waals surface area contributed by atoms with Crippen molar-refractivity contribution in [2.45, 2.75) is 38.3 Å². The van der Waals surface area contributed by atoms with E-state index in [-0.39, 0.29) is 30.7 Å². The third-order valence-electron chi connectivity index (χ3n) is 3.75. The molecule has 1 N–H and O–H groups in total. The summed E-state index contributed by atoms with van der Waals surface area (Å²) in [4.78, 5) is 38.5. The van der Waals surface area contributed by atoms with E-state index in [1.54, 1.807) is 11.8 Å². The number of carbonyl (C=O) groups is 3. The molecule has 2 aliphatic heterocycles. The SMILES string of the molecule is CCCN1C(=O)CC(N2CCSCC2CC(=O)O)C1=O. The summed E-state index contributed by atoms with van der Waals surface area (Å²) in [5.41, 5.74) is 0. The van der Waals surface area contributed by atoms with Crippen LogP contribution >= 0.6 is 11.8 Å². The van der Waals surface area contributed by atoms with Crippen LogP contribution in [0, 0.1) is 0 Å². The molecular weight excluding hydrogens is 280 g/mol. The fourth-order valence-corrected chi connectivity index (χ4v) is 3.93. The summed E-state index contributed by atoms with van der Waals surface area (Å²) in [5, 5.41) is 8.98. The van der Waals surface area contributed by atoms with Crippen molar-refractivity contribution in [2.24, 2.45) is 0 Å². The maximum Gasteiger partial charge on any atom is 0.304 e. The first kappa shape index (κ1) is 15.3. The van der Waals surface area contributed by atoms with Gasteiger partial charge in [0.2, 0.25) is 11.8 Å². The van der Waals surface area contributed by atoms with Crippen LogP contribution in [0.3, 0.4) is 0 Å². The van der Waals surface area contributed by atoms with Crippen molar-refractivity contribution in [2.75, 3.05) is 24.6 Å². The van der Waals surface area contributed by atoms with Gasteiger partial charge in [0.05, 0.1) is 18.9 Å². The van der Waals surface area contributed by atoms with E-state index < -0.39 is 12.0 Å². The Morgan fingerprint density at radius 1 is 1.45 bits per heavy atom. The van der Waals surface area contributed by atoms with Crippen LogP contribution in [0.5, 0.6) is 0 Å². The molecule has 2 fully saturated rings. The van der Waals surface area contributed by atoms with Crippen molar-refractivity contribution >= 4 is 29.5 Å². The molecule has 6 nitrogen and oxygen atoms in total. The zero-order valence-electron chi connectivity index (χ0n) is 11.6. The van der Waals surface area contributed by atoms with Crippen LogP contribution in [0.2, 0.25) is 0 Å². The Labute approximate surface area is 122 Å². The quantitative estimate of drug-likeness (QED) is 0.741. The molecule has 2 aliphatic rings. The van der Waals surface area contributed by atoms with E-state index in [2.05, 4.69) is 0 Å². The number of rotatable bonds is 5. The van der Waals surface area contributed by atoms with Crippen molar-refractivity contribution in [3.63, 3.8) is 0 Å². The van der Waals surface area contributed by atoms with E-state index in [9.17, 15) is 14.4 Å². The van der Waals surface area contributed by atoms with Gasteiger partial charge in [-0.15, -0.1) is 0 Å². The van der Waals surface area contributed by atoms with E-state index in [4.69, 9.17) is 5.11 Å². The Morgan fingerprint density at radius 3 is 2.85 bits per heavy atom. The van der Waals surface area contributed by atoms with Crippen molar-refractivity contribution in [3.05, 3.63) is 0 Å². The normalized spacial score (nSPS) is 28.1. The lowest BCUT2D eigenvalue weighted by molar-refractivity contribution is -0.142. The monoisotopic (exact) mass is 300 g/mol. The zero-order valence-corrected chi connectivity index (χ0v) is 12.4. The lowest BCUT2D eigenvalue weighted by Gasteiger charge is -2.37. The van der Waals surface area contributed by atoms with Crippen LogP contribution in [0.1, 0.15) is 26.2 Å². The molecule has 0 spiro atoms. The van der Waals surface area contributed by atoms with E-state index in [0.29, 0.717) is 18.8 Å². The summed E-state index contributed by atoms with van der Waals surface area (Å²) >= 11 is 1.71. The van der Waals surface area contributed by atoms with E-state index in [1.165, 1.54) is 4.90 Å². The number of imide groups is 1. The first-order chi connectivity index (χ1) is 9.54. The van der Waals surface area contributed by atoms with E-state index >= 15 is 0 Å². The smallest absolute Gasteiger partial charge is 0.304 e. The molecule has 0 aliphatic carbocycles. The third kappa shape index (κ3) is 3.15. The summed E-state index contributed by atoms with van der Waals surface area (Å²) in [5.74, 6) is 0.442. The highest BCUT2D eigenvalue weighted by Crippen LogP contribution is 2.27. The lowest BCUT2D eigenvalue weighted by Crippen LogP contribution is -2.52. The minimum atomic E-state index is -0.857. The van der Waals surface area contributed by atoms with Gasteiger partial charge in [0.25, 0.3) is 0 Å². The summed E-state index contributed by atoms with van der Waals surface area (Å²) in [6.45, 7) is 3.06. The predicted octanol–water partition coefficient (Wildman–Crippen LogP) is 0.416. The molecule has 2 heterocycles. The minimum Gasteiger partial charge on any atom is -0.481 e. The highest BCUT2D eigenvalue weighted by atomic mass is 32.2. The van der Waals surface area contributed by atoms with Crippen LogP contribution < -0.4 is 0 Å². The number of amides is 2. The van der Waals surface area contributed by atoms with Crippen LogP contribution in [0.25, 0.3) is 0 Å². The molecule has 0 aromatic heterocycles. The lowest BCUT2D eigenvalue weighted by atomic mass is 10.1. The van der Waals surface area contributed by atoms with Gasteiger partial charge in [-0.2, -0.15) is 11.8 Å². The highest BCUT2D eigenvalue weighted by molar-refractivity contribution is 7.99. The van der Waals surface area contributed by atoms with Gasteiger partial charge in [-0.05, 0) is 6.42 Å². The molecule has 7 heteroatoms. The second-order valence-corrected chi connectivity index (χ2v) is 6.32. The number of carboxylic acid groups (broad SMARTS) is 1. The molecule has 2 atom stereocenters. The number of carbonyl (C=O) groups excluding carboxylic acids is 2. The van der Waals surface area contributed by atoms with Gasteiger partial charge in [-0.25, -0.2) is 0 Å². The molecule has 2 rings (SSSR count). The first-order valence-electron chi connectivity index (χ1n) is 6.94. The molecule has 0 aromatic carbocycles. The molecule has 112 valence electrons. The second-order valence-electron chi connectivity index (χ2n) is 5.17. The Bertz CT molecular complexity index is 415. The molecule has 0 aromatic rings. The fourth-order valence-electron chi connectivity index (χ4n) is 2.84. The summed E-state index contributed by atoms with van der Waals surface area (Å²) < 4.78 is 0. The number of likely N-dealkylation sites (tertiary alicyclic amines) is 1. The fraction of sp³-hybridized carbons (Fsp3) is 0.769. The third-order valence-corrected chi connectivity index (χ3v) is 4.84. The van der Waals surface area contributed by atoms with Gasteiger partial charge < -0.3 is 5.11 Å². The molecule has 2 amide bonds. The van der Waals surface area contributed by atoms with Crippen molar-refractivity contribution in [3.8, 4) is 0 Å². The molecule has 2 unspecified atom stereocenters. The number of aliphatic carboxylic acids is 1. The predicted molar refractivity (Wildman–Crippen MR) is 75.5 cm³/mol. The van der Waals surface area contributed by atoms with Gasteiger partial charge in [-0.3, -0.25) is 24.2 Å². The molecular formula is C13H20N2O4S. The number of carboxylic acids is 1. The molecule has 0 radical (unpaired) electrons. The van der Waals surface area contributed by atoms with Crippen LogP contribution in [-0.4, -0.2) is 69.4 Å². The molecule has 20 heavy (non-hydrogen) atoms. The van der Waals surface area contributed by atoms with Crippen LogP contribution in [0.15, 0.2) is 0 Å². The van der Waals surface area contributed by atoms with Gasteiger partial charge in [-0.1, -0.05) is 6.92 Å². The number of nitrogens with zero attached hydrogens (tertiary/aromatic N) is 2. The summed E-state index contributed by atoms with van der Waals surface area (Å²) in [6.07, 6.45) is 0.969. The Morgan fingerprint density at radius 2 is 2.20 bits per heavy atom. The van der Waals surface area contributed by atoms with Crippen LogP contribution in [0.4, 0.5) is 0 Å². The molecule has 0 bridgehead atoms. The van der Waals surface area contributed by atoms with Gasteiger partial charge in [0, 0.05) is 30.6 Å². The Kier molecular flexibility index (Phi) is 5.04. The minimum absolute atomic E-state index is 0.0265. The Balaban J connectivity index is 2.10. The topological polar surface area (TPSA) is 77.9 Å². The van der Waals surface area contributed by atoms with Crippen molar-refractivity contribution < 1.29 is 19.5 Å². The second kappa shape index (κ2) is 6.58. The Hall–Kier alpha value is -1.08. The van der Waals surface area contributed by atoms with E-state index in [1.807, 2.05) is 11.8 Å². The standard InChI is InChI=1S/C13H20N2O4S/c1-2-3-15-11(16)7-10(13(15)19)14-4-5-20-8-9(14)6-12(17)18/h9-10H,2-8H2,1H3,(H,17,18). The van der Waals surface area contributed by atoms with Crippen molar-refractivity contribution in [1.29, 1.82) is 0 Å². The average molecular weight is 300 g/mol. The number of hydrogen-bond acceptors (Lipinski definition) is 5. The molecule has 2 saturated heterocycles. The summed E-state index contributed by atoms with van der Waals surface area (Å²) in [6, 6.07) is -0.617. The van der Waals surface area contributed by atoms with Gasteiger partial charge in [0.1, 0.15) is 0 Å². The van der Waals surface area contributed by atoms with Crippen molar-refractivity contribution in [1.82, 2.24) is 9.80 Å². The van der Waals surface area contributed by atoms with E-state index in [0.717, 1.165) is 12.2 Å². The maximum atomic E-state index is 12.3. The molecule has 0 saturated carbocycles. The number of thioether (sulfide) groups is 1. The van der Waals surface area contributed by atoms with Gasteiger partial charge >= 0.3 is 5.97 Å². The zero-order chi connectivity index (χ0) is 14.7. The largest absolute Gasteiger partial charge is 0.481 e. The number of hydrogen-bond donors (Lipinski definition) is 1.